The summed E-state index contributed by atoms with van der Waals surface area (Å²) in [5, 5.41) is 0. The molecule has 1 aliphatic rings. The normalized spacial score (nSPS) is 42.9. The topological polar surface area (TPSA) is 26.3 Å². The van der Waals surface area contributed by atoms with Crippen LogP contribution in [0.4, 0.5) is 0 Å². The zero-order valence-electron chi connectivity index (χ0n) is 7.63. The number of methoxy groups -OCH3 is 1. The zero-order chi connectivity index (χ0) is 8.59. The van der Waals surface area contributed by atoms with Crippen LogP contribution in [0.15, 0.2) is 0 Å². The van der Waals surface area contributed by atoms with Gasteiger partial charge in [0.15, 0.2) is 0 Å². The molecule has 11 heavy (non-hydrogen) atoms. The van der Waals surface area contributed by atoms with E-state index in [0.717, 1.165) is 0 Å². The predicted molar refractivity (Wildman–Crippen MR) is 43.0 cm³/mol. The molecule has 0 amide bonds. The summed E-state index contributed by atoms with van der Waals surface area (Å²) < 4.78 is 4.70. The van der Waals surface area contributed by atoms with E-state index < -0.39 is 0 Å². The van der Waals surface area contributed by atoms with Gasteiger partial charge in [0, 0.05) is 0 Å². The Bertz CT molecular complexity index is 155. The first kappa shape index (κ1) is 8.57. The van der Waals surface area contributed by atoms with Crippen molar-refractivity contribution < 1.29 is 9.53 Å². The third-order valence-corrected chi connectivity index (χ3v) is 3.26. The molecule has 0 N–H and O–H groups in total. The van der Waals surface area contributed by atoms with Crippen LogP contribution in [0.3, 0.4) is 0 Å². The molecule has 2 nitrogen and oxygen atoms in total. The number of hydrogen-bond acceptors (Lipinski definition) is 2. The second-order valence-electron chi connectivity index (χ2n) is 3.63. The number of hydrogen-bond donors (Lipinski definition) is 0. The lowest BCUT2D eigenvalue weighted by Crippen LogP contribution is -2.46. The molecule has 2 heteroatoms. The molecule has 1 aliphatic carbocycles. The lowest BCUT2D eigenvalue weighted by atomic mass is 9.59. The molecular formula is C9H16O2. The molecule has 64 valence electrons. The van der Waals surface area contributed by atoms with Gasteiger partial charge >= 0.3 is 5.97 Å². The van der Waals surface area contributed by atoms with Gasteiger partial charge in [-0.3, -0.25) is 4.79 Å². The fourth-order valence-electron chi connectivity index (χ4n) is 2.03. The maximum atomic E-state index is 11.1. The summed E-state index contributed by atoms with van der Waals surface area (Å²) >= 11 is 0. The second-order valence-corrected chi connectivity index (χ2v) is 3.63. The van der Waals surface area contributed by atoms with Gasteiger partial charge in [0.2, 0.25) is 0 Å². The van der Waals surface area contributed by atoms with E-state index >= 15 is 0 Å². The first-order chi connectivity index (χ1) is 5.09. The first-order valence-electron chi connectivity index (χ1n) is 4.17. The van der Waals surface area contributed by atoms with Crippen LogP contribution in [0, 0.1) is 23.7 Å². The van der Waals surface area contributed by atoms with Crippen molar-refractivity contribution in [3.8, 4) is 0 Å². The average molecular weight is 156 g/mol. The monoisotopic (exact) mass is 156 g/mol. The van der Waals surface area contributed by atoms with Gasteiger partial charge in [-0.05, 0) is 17.8 Å². The lowest BCUT2D eigenvalue weighted by molar-refractivity contribution is -0.159. The smallest absolute Gasteiger partial charge is 0.309 e. The molecule has 0 heterocycles. The molecule has 2 atom stereocenters. The Morgan fingerprint density at radius 2 is 1.55 bits per heavy atom. The van der Waals surface area contributed by atoms with Crippen molar-refractivity contribution in [3.63, 3.8) is 0 Å². The van der Waals surface area contributed by atoms with E-state index in [1.54, 1.807) is 0 Å². The summed E-state index contributed by atoms with van der Waals surface area (Å²) in [5.74, 6) is 1.77. The van der Waals surface area contributed by atoms with Gasteiger partial charge in [0.25, 0.3) is 0 Å². The maximum absolute atomic E-state index is 11.1. The van der Waals surface area contributed by atoms with Crippen molar-refractivity contribution in [1.29, 1.82) is 0 Å². The first-order valence-corrected chi connectivity index (χ1v) is 4.17. The van der Waals surface area contributed by atoms with Crippen molar-refractivity contribution in [2.75, 3.05) is 7.11 Å². The van der Waals surface area contributed by atoms with Crippen molar-refractivity contribution in [2.24, 2.45) is 23.7 Å². The fraction of sp³-hybridized carbons (Fsp3) is 0.889. The van der Waals surface area contributed by atoms with Gasteiger partial charge in [-0.1, -0.05) is 20.8 Å². The number of rotatable bonds is 1. The van der Waals surface area contributed by atoms with Gasteiger partial charge in [0.05, 0.1) is 13.0 Å². The van der Waals surface area contributed by atoms with Crippen LogP contribution in [0.2, 0.25) is 0 Å². The largest absolute Gasteiger partial charge is 0.469 e. The van der Waals surface area contributed by atoms with Crippen molar-refractivity contribution in [1.82, 2.24) is 0 Å². The van der Waals surface area contributed by atoms with Crippen LogP contribution in [0.1, 0.15) is 20.8 Å². The Morgan fingerprint density at radius 1 is 1.09 bits per heavy atom. The molecule has 1 rings (SSSR count). The third-order valence-electron chi connectivity index (χ3n) is 3.26. The average Bonchev–Trinajstić information content (AvgIpc) is 2.04. The Balaban J connectivity index is 2.55. The fourth-order valence-corrected chi connectivity index (χ4v) is 2.03. The number of esters is 1. The van der Waals surface area contributed by atoms with Gasteiger partial charge in [0.1, 0.15) is 0 Å². The van der Waals surface area contributed by atoms with Crippen LogP contribution in [-0.4, -0.2) is 13.1 Å². The molecule has 1 saturated carbocycles. The predicted octanol–water partition coefficient (Wildman–Crippen LogP) is 1.70. The molecule has 0 aromatic heterocycles. The van der Waals surface area contributed by atoms with Crippen LogP contribution >= 0.6 is 0 Å². The van der Waals surface area contributed by atoms with E-state index in [-0.39, 0.29) is 11.9 Å². The highest BCUT2D eigenvalue weighted by molar-refractivity contribution is 5.74. The summed E-state index contributed by atoms with van der Waals surface area (Å²) in [6, 6.07) is 0. The Hall–Kier alpha value is -0.530. The maximum Gasteiger partial charge on any atom is 0.309 e. The van der Waals surface area contributed by atoms with E-state index in [1.165, 1.54) is 7.11 Å². The number of carbonyl (C=O) groups excluding carboxylic acids is 1. The van der Waals surface area contributed by atoms with E-state index in [2.05, 4.69) is 20.8 Å². The highest BCUT2D eigenvalue weighted by Gasteiger charge is 2.46. The molecule has 0 spiro atoms. The summed E-state index contributed by atoms with van der Waals surface area (Å²) in [5.41, 5.74) is 0. The molecule has 0 aliphatic heterocycles. The SMILES string of the molecule is COC(=O)C1C(C)C(C)C1C. The minimum atomic E-state index is -0.0388. The Kier molecular flexibility index (Phi) is 2.21. The van der Waals surface area contributed by atoms with Gasteiger partial charge in [-0.2, -0.15) is 0 Å². The van der Waals surface area contributed by atoms with Crippen LogP contribution in [0.25, 0.3) is 0 Å². The minimum Gasteiger partial charge on any atom is -0.469 e. The molecule has 0 radical (unpaired) electrons. The molecule has 1 fully saturated rings. The zero-order valence-corrected chi connectivity index (χ0v) is 7.63. The van der Waals surface area contributed by atoms with E-state index in [1.807, 2.05) is 0 Å². The van der Waals surface area contributed by atoms with Crippen molar-refractivity contribution in [2.45, 2.75) is 20.8 Å². The minimum absolute atomic E-state index is 0.0388. The molecule has 2 unspecified atom stereocenters. The Morgan fingerprint density at radius 3 is 1.91 bits per heavy atom. The third kappa shape index (κ3) is 1.15. The van der Waals surface area contributed by atoms with Crippen LogP contribution in [-0.2, 0) is 9.53 Å². The quantitative estimate of drug-likeness (QED) is 0.540. The van der Waals surface area contributed by atoms with E-state index in [4.69, 9.17) is 4.74 Å². The van der Waals surface area contributed by atoms with Crippen molar-refractivity contribution in [3.05, 3.63) is 0 Å². The van der Waals surface area contributed by atoms with Gasteiger partial charge in [-0.15, -0.1) is 0 Å². The summed E-state index contributed by atoms with van der Waals surface area (Å²) in [4.78, 5) is 11.1. The summed E-state index contributed by atoms with van der Waals surface area (Å²) in [7, 11) is 1.46. The second kappa shape index (κ2) is 2.84. The Labute approximate surface area is 67.9 Å². The molecule has 0 aromatic rings. The standard InChI is InChI=1S/C9H16O2/c1-5-6(2)8(7(5)3)9(10)11-4/h5-8H,1-4H3. The van der Waals surface area contributed by atoms with E-state index in [0.29, 0.717) is 17.8 Å². The summed E-state index contributed by atoms with van der Waals surface area (Å²) in [6.07, 6.45) is 0. The van der Waals surface area contributed by atoms with E-state index in [9.17, 15) is 4.79 Å². The number of carbonyl (C=O) groups is 1. The lowest BCUT2D eigenvalue weighted by Gasteiger charge is -2.45. The van der Waals surface area contributed by atoms with Crippen molar-refractivity contribution >= 4 is 5.97 Å². The summed E-state index contributed by atoms with van der Waals surface area (Å²) in [6.45, 7) is 6.42. The molecule has 0 bridgehead atoms. The number of ether oxygens (including phenoxy) is 1. The molecular weight excluding hydrogens is 140 g/mol. The highest BCUT2D eigenvalue weighted by Crippen LogP contribution is 2.45. The highest BCUT2D eigenvalue weighted by atomic mass is 16.5. The molecule has 0 saturated heterocycles. The molecule has 0 aromatic carbocycles. The van der Waals surface area contributed by atoms with Gasteiger partial charge < -0.3 is 4.74 Å². The van der Waals surface area contributed by atoms with Crippen LogP contribution < -0.4 is 0 Å². The van der Waals surface area contributed by atoms with Gasteiger partial charge in [-0.25, -0.2) is 0 Å². The van der Waals surface area contributed by atoms with Crippen LogP contribution in [0.5, 0.6) is 0 Å².